The molecule has 1 fully saturated rings. The van der Waals surface area contributed by atoms with Crippen LogP contribution in [0.15, 0.2) is 0 Å². The Morgan fingerprint density at radius 2 is 1.94 bits per heavy atom. The van der Waals surface area contributed by atoms with Gasteiger partial charge in [-0.3, -0.25) is 4.79 Å². The molecule has 0 saturated carbocycles. The van der Waals surface area contributed by atoms with Crippen LogP contribution in [-0.4, -0.2) is 36.5 Å². The van der Waals surface area contributed by atoms with Gasteiger partial charge in [0.05, 0.1) is 0 Å². The van der Waals surface area contributed by atoms with Crippen LogP contribution in [0.4, 0.5) is 0 Å². The van der Waals surface area contributed by atoms with Gasteiger partial charge in [0.25, 0.3) is 0 Å². The summed E-state index contributed by atoms with van der Waals surface area (Å²) < 4.78 is 0. The van der Waals surface area contributed by atoms with E-state index in [-0.39, 0.29) is 0 Å². The number of hydrogen-bond donors (Lipinski definition) is 1. The summed E-state index contributed by atoms with van der Waals surface area (Å²) in [5.74, 6) is 0.870. The molecule has 3 nitrogen and oxygen atoms in total. The summed E-state index contributed by atoms with van der Waals surface area (Å²) in [6.07, 6.45) is 2.88. The fraction of sp³-hybridized carbons (Fsp3) is 0.933. The van der Waals surface area contributed by atoms with E-state index >= 15 is 0 Å². The monoisotopic (exact) mass is 254 g/mol. The lowest BCUT2D eigenvalue weighted by Gasteiger charge is -2.26. The minimum Gasteiger partial charge on any atom is -0.342 e. The molecular formula is C15H30N2O. The summed E-state index contributed by atoms with van der Waals surface area (Å²) in [6, 6.07) is 0.520. The fourth-order valence-electron chi connectivity index (χ4n) is 2.36. The fourth-order valence-corrected chi connectivity index (χ4v) is 2.36. The highest BCUT2D eigenvalue weighted by atomic mass is 16.2. The second-order valence-electron chi connectivity index (χ2n) is 6.92. The minimum absolute atomic E-state index is 0.323. The first kappa shape index (κ1) is 15.5. The zero-order valence-electron chi connectivity index (χ0n) is 12.8. The topological polar surface area (TPSA) is 32.3 Å². The largest absolute Gasteiger partial charge is 0.342 e. The van der Waals surface area contributed by atoms with Crippen LogP contribution in [0.3, 0.4) is 0 Å². The van der Waals surface area contributed by atoms with Gasteiger partial charge in [-0.15, -0.1) is 0 Å². The molecule has 1 atom stereocenters. The van der Waals surface area contributed by atoms with Gasteiger partial charge in [0, 0.05) is 25.6 Å². The van der Waals surface area contributed by atoms with E-state index in [0.717, 1.165) is 38.9 Å². The molecule has 1 heterocycles. The zero-order chi connectivity index (χ0) is 13.8. The van der Waals surface area contributed by atoms with Crippen LogP contribution in [0.2, 0.25) is 0 Å². The van der Waals surface area contributed by atoms with Gasteiger partial charge in [0.15, 0.2) is 0 Å². The Balaban J connectivity index is 2.42. The lowest BCUT2D eigenvalue weighted by atomic mass is 9.85. The molecule has 1 aliphatic rings. The molecule has 0 aromatic rings. The quantitative estimate of drug-likeness (QED) is 0.818. The minimum atomic E-state index is 0.323. The van der Waals surface area contributed by atoms with Crippen LogP contribution in [-0.2, 0) is 4.79 Å². The molecule has 1 N–H and O–H groups in total. The Labute approximate surface area is 112 Å². The molecule has 0 aliphatic carbocycles. The predicted octanol–water partition coefficient (Wildman–Crippen LogP) is 2.66. The number of rotatable bonds is 5. The summed E-state index contributed by atoms with van der Waals surface area (Å²) in [5, 5.41) is 3.44. The second-order valence-corrected chi connectivity index (χ2v) is 6.92. The van der Waals surface area contributed by atoms with Crippen LogP contribution >= 0.6 is 0 Å². The van der Waals surface area contributed by atoms with Crippen LogP contribution in [0.1, 0.15) is 53.9 Å². The van der Waals surface area contributed by atoms with Crippen molar-refractivity contribution in [2.45, 2.75) is 59.9 Å². The SMILES string of the molecule is CC(CNC(C)C)CN1CCC(C)(C)CCC1=O. The van der Waals surface area contributed by atoms with E-state index in [2.05, 4.69) is 44.8 Å². The van der Waals surface area contributed by atoms with Gasteiger partial charge >= 0.3 is 0 Å². The molecule has 0 bridgehead atoms. The van der Waals surface area contributed by atoms with Crippen molar-refractivity contribution >= 4 is 5.91 Å². The molecule has 0 aromatic carbocycles. The van der Waals surface area contributed by atoms with Crippen molar-refractivity contribution < 1.29 is 4.79 Å². The second kappa shape index (κ2) is 6.55. The van der Waals surface area contributed by atoms with Crippen molar-refractivity contribution in [3.05, 3.63) is 0 Å². The third kappa shape index (κ3) is 5.38. The molecule has 1 amide bonds. The number of carbonyl (C=O) groups excluding carboxylic acids is 1. The highest BCUT2D eigenvalue weighted by Crippen LogP contribution is 2.30. The van der Waals surface area contributed by atoms with Crippen molar-refractivity contribution in [2.75, 3.05) is 19.6 Å². The van der Waals surface area contributed by atoms with E-state index < -0.39 is 0 Å². The van der Waals surface area contributed by atoms with Gasteiger partial charge in [-0.2, -0.15) is 0 Å². The number of likely N-dealkylation sites (tertiary alicyclic amines) is 1. The van der Waals surface area contributed by atoms with Crippen LogP contribution in [0.5, 0.6) is 0 Å². The smallest absolute Gasteiger partial charge is 0.222 e. The number of nitrogens with one attached hydrogen (secondary N) is 1. The molecule has 1 rings (SSSR count). The molecule has 18 heavy (non-hydrogen) atoms. The molecule has 106 valence electrons. The molecule has 0 spiro atoms. The predicted molar refractivity (Wildman–Crippen MR) is 76.5 cm³/mol. The molecule has 1 unspecified atom stereocenters. The van der Waals surface area contributed by atoms with Gasteiger partial charge in [-0.05, 0) is 30.7 Å². The lowest BCUT2D eigenvalue weighted by Crippen LogP contribution is -2.38. The maximum absolute atomic E-state index is 12.1. The van der Waals surface area contributed by atoms with E-state index in [1.165, 1.54) is 0 Å². The van der Waals surface area contributed by atoms with Gasteiger partial charge in [0.1, 0.15) is 0 Å². The molecule has 3 heteroatoms. The average molecular weight is 254 g/mol. The molecule has 1 saturated heterocycles. The summed E-state index contributed by atoms with van der Waals surface area (Å²) in [6.45, 7) is 13.9. The van der Waals surface area contributed by atoms with Crippen LogP contribution in [0, 0.1) is 11.3 Å². The zero-order valence-corrected chi connectivity index (χ0v) is 12.8. The van der Waals surface area contributed by atoms with Crippen molar-refractivity contribution in [1.82, 2.24) is 10.2 Å². The van der Waals surface area contributed by atoms with E-state index in [0.29, 0.717) is 23.3 Å². The van der Waals surface area contributed by atoms with Gasteiger partial charge in [-0.1, -0.05) is 34.6 Å². The third-order valence-corrected chi connectivity index (χ3v) is 3.83. The first-order valence-electron chi connectivity index (χ1n) is 7.31. The Hall–Kier alpha value is -0.570. The van der Waals surface area contributed by atoms with Crippen LogP contribution in [0.25, 0.3) is 0 Å². The Kier molecular flexibility index (Phi) is 5.64. The Bertz CT molecular complexity index is 274. The van der Waals surface area contributed by atoms with Crippen molar-refractivity contribution in [3.8, 4) is 0 Å². The number of carbonyl (C=O) groups is 1. The van der Waals surface area contributed by atoms with Gasteiger partial charge in [0.2, 0.25) is 5.91 Å². The highest BCUT2D eigenvalue weighted by molar-refractivity contribution is 5.76. The molecule has 0 radical (unpaired) electrons. The molecule has 0 aromatic heterocycles. The average Bonchev–Trinajstić information content (AvgIpc) is 2.39. The van der Waals surface area contributed by atoms with Crippen molar-refractivity contribution in [1.29, 1.82) is 0 Å². The molecular weight excluding hydrogens is 224 g/mol. The van der Waals surface area contributed by atoms with Gasteiger partial charge in [-0.25, -0.2) is 0 Å². The standard InChI is InChI=1S/C15H30N2O/c1-12(2)16-10-13(3)11-17-9-8-15(4,5)7-6-14(17)18/h12-13,16H,6-11H2,1-5H3. The van der Waals surface area contributed by atoms with E-state index in [9.17, 15) is 4.79 Å². The summed E-state index contributed by atoms with van der Waals surface area (Å²) in [4.78, 5) is 14.2. The maximum atomic E-state index is 12.1. The first-order chi connectivity index (χ1) is 8.30. The number of nitrogens with zero attached hydrogens (tertiary/aromatic N) is 1. The Morgan fingerprint density at radius 1 is 1.28 bits per heavy atom. The van der Waals surface area contributed by atoms with E-state index in [1.807, 2.05) is 0 Å². The van der Waals surface area contributed by atoms with E-state index in [4.69, 9.17) is 0 Å². The van der Waals surface area contributed by atoms with Crippen molar-refractivity contribution in [3.63, 3.8) is 0 Å². The van der Waals surface area contributed by atoms with Gasteiger partial charge < -0.3 is 10.2 Å². The normalized spacial score (nSPS) is 22.1. The number of hydrogen-bond acceptors (Lipinski definition) is 2. The summed E-state index contributed by atoms with van der Waals surface area (Å²) >= 11 is 0. The third-order valence-electron chi connectivity index (χ3n) is 3.83. The highest BCUT2D eigenvalue weighted by Gasteiger charge is 2.27. The first-order valence-corrected chi connectivity index (χ1v) is 7.31. The van der Waals surface area contributed by atoms with Crippen LogP contribution < -0.4 is 5.32 Å². The number of amides is 1. The summed E-state index contributed by atoms with van der Waals surface area (Å²) in [5.41, 5.74) is 0.323. The maximum Gasteiger partial charge on any atom is 0.222 e. The molecule has 1 aliphatic heterocycles. The summed E-state index contributed by atoms with van der Waals surface area (Å²) in [7, 11) is 0. The van der Waals surface area contributed by atoms with Crippen molar-refractivity contribution in [2.24, 2.45) is 11.3 Å². The lowest BCUT2D eigenvalue weighted by molar-refractivity contribution is -0.131. The van der Waals surface area contributed by atoms with E-state index in [1.54, 1.807) is 0 Å². The Morgan fingerprint density at radius 3 is 2.56 bits per heavy atom.